The van der Waals surface area contributed by atoms with Crippen molar-refractivity contribution in [2.45, 2.75) is 6.54 Å². The number of ether oxygens (including phenoxy) is 1. The summed E-state index contributed by atoms with van der Waals surface area (Å²) in [5.41, 5.74) is 2.74. The van der Waals surface area contributed by atoms with E-state index in [2.05, 4.69) is 4.90 Å². The van der Waals surface area contributed by atoms with Crippen molar-refractivity contribution < 1.29 is 22.7 Å². The minimum Gasteiger partial charge on any atom is -0.495 e. The highest BCUT2D eigenvalue weighted by Crippen LogP contribution is 2.29. The first-order valence-electron chi connectivity index (χ1n) is 10.7. The third-order valence-electron chi connectivity index (χ3n) is 6.09. The van der Waals surface area contributed by atoms with Crippen LogP contribution in [0, 0.1) is 11.6 Å². The summed E-state index contributed by atoms with van der Waals surface area (Å²) in [6.07, 6.45) is 1.52. The van der Waals surface area contributed by atoms with Gasteiger partial charge in [0, 0.05) is 43.9 Å². The van der Waals surface area contributed by atoms with E-state index in [1.807, 2.05) is 24.3 Å². The van der Waals surface area contributed by atoms with Crippen LogP contribution in [0.5, 0.6) is 5.75 Å². The lowest BCUT2D eigenvalue weighted by molar-refractivity contribution is 0.0736. The number of para-hydroxylation sites is 2. The smallest absolute Gasteiger partial charge is 0.270 e. The van der Waals surface area contributed by atoms with E-state index in [1.165, 1.54) is 18.4 Å². The third kappa shape index (κ3) is 3.82. The number of hydrogen-bond acceptors (Lipinski definition) is 4. The first kappa shape index (κ1) is 21.1. The molecule has 0 N–H and O–H groups in total. The Bertz CT molecular complexity index is 1310. The second kappa shape index (κ2) is 8.61. The second-order valence-corrected chi connectivity index (χ2v) is 7.95. The van der Waals surface area contributed by atoms with Gasteiger partial charge in [0.1, 0.15) is 11.4 Å². The number of anilines is 1. The molecular formula is C25H23F2N3O3. The SMILES string of the molecule is COc1ccccc1N1CCN(C(=O)c2cc3occc3n2Cc2cccc(F)c2F)CC1. The number of halogens is 2. The summed E-state index contributed by atoms with van der Waals surface area (Å²) in [6, 6.07) is 15.3. The van der Waals surface area contributed by atoms with Gasteiger partial charge in [-0.2, -0.15) is 0 Å². The lowest BCUT2D eigenvalue weighted by Crippen LogP contribution is -2.49. The van der Waals surface area contributed by atoms with Gasteiger partial charge in [-0.05, 0) is 18.2 Å². The molecular weight excluding hydrogens is 428 g/mol. The number of amides is 1. The maximum Gasteiger partial charge on any atom is 0.270 e. The fourth-order valence-electron chi connectivity index (χ4n) is 4.37. The van der Waals surface area contributed by atoms with Gasteiger partial charge in [0.2, 0.25) is 0 Å². The highest BCUT2D eigenvalue weighted by molar-refractivity contribution is 5.97. The average Bonchev–Trinajstić information content (AvgIpc) is 3.44. The maximum atomic E-state index is 14.4. The topological polar surface area (TPSA) is 50.9 Å². The van der Waals surface area contributed by atoms with Gasteiger partial charge < -0.3 is 23.5 Å². The summed E-state index contributed by atoms with van der Waals surface area (Å²) in [6.45, 7) is 2.38. The number of carbonyl (C=O) groups excluding carboxylic acids is 1. The molecule has 1 aliphatic heterocycles. The van der Waals surface area contributed by atoms with Crippen molar-refractivity contribution >= 4 is 22.7 Å². The zero-order chi connectivity index (χ0) is 22.9. The third-order valence-corrected chi connectivity index (χ3v) is 6.09. The van der Waals surface area contributed by atoms with Crippen molar-refractivity contribution in [3.63, 3.8) is 0 Å². The van der Waals surface area contributed by atoms with Crippen LogP contribution in [0.25, 0.3) is 11.1 Å². The van der Waals surface area contributed by atoms with Crippen LogP contribution in [0.3, 0.4) is 0 Å². The van der Waals surface area contributed by atoms with Crippen LogP contribution >= 0.6 is 0 Å². The molecule has 2 aromatic carbocycles. The Morgan fingerprint density at radius 1 is 1.03 bits per heavy atom. The van der Waals surface area contributed by atoms with Crippen LogP contribution in [0.1, 0.15) is 16.1 Å². The second-order valence-electron chi connectivity index (χ2n) is 7.95. The minimum absolute atomic E-state index is 0.0227. The summed E-state index contributed by atoms with van der Waals surface area (Å²) in [5.74, 6) is -1.20. The molecule has 0 bridgehead atoms. The number of carbonyl (C=O) groups is 1. The Labute approximate surface area is 189 Å². The molecule has 170 valence electrons. The van der Waals surface area contributed by atoms with Crippen molar-refractivity contribution in [1.29, 1.82) is 0 Å². The molecule has 33 heavy (non-hydrogen) atoms. The van der Waals surface area contributed by atoms with Crippen LogP contribution in [-0.4, -0.2) is 48.7 Å². The van der Waals surface area contributed by atoms with E-state index in [1.54, 1.807) is 28.7 Å². The standard InChI is InChI=1S/C25H23F2N3O3/c1-32-22-8-3-2-7-19(22)28-10-12-29(13-11-28)25(31)21-15-23-20(9-14-33-23)30(21)16-17-5-4-6-18(26)24(17)27/h2-9,14-15H,10-13,16H2,1H3. The summed E-state index contributed by atoms with van der Waals surface area (Å²) < 4.78 is 40.7. The molecule has 0 saturated carbocycles. The Balaban J connectivity index is 1.39. The number of benzene rings is 2. The van der Waals surface area contributed by atoms with E-state index < -0.39 is 11.6 Å². The largest absolute Gasteiger partial charge is 0.495 e. The summed E-state index contributed by atoms with van der Waals surface area (Å²) in [7, 11) is 1.64. The number of rotatable bonds is 5. The van der Waals surface area contributed by atoms with E-state index >= 15 is 0 Å². The molecule has 1 fully saturated rings. The zero-order valence-corrected chi connectivity index (χ0v) is 18.1. The first-order chi connectivity index (χ1) is 16.1. The number of nitrogens with zero attached hydrogens (tertiary/aromatic N) is 3. The van der Waals surface area contributed by atoms with Crippen molar-refractivity contribution in [2.24, 2.45) is 0 Å². The average molecular weight is 451 g/mol. The fourth-order valence-corrected chi connectivity index (χ4v) is 4.37. The van der Waals surface area contributed by atoms with E-state index in [4.69, 9.17) is 9.15 Å². The molecule has 0 unspecified atom stereocenters. The molecule has 4 aromatic rings. The Kier molecular flexibility index (Phi) is 5.50. The number of methoxy groups -OCH3 is 1. The Morgan fingerprint density at radius 2 is 1.82 bits per heavy atom. The van der Waals surface area contributed by atoms with Gasteiger partial charge in [-0.15, -0.1) is 0 Å². The van der Waals surface area contributed by atoms with Gasteiger partial charge in [-0.25, -0.2) is 8.78 Å². The molecule has 3 heterocycles. The molecule has 1 aliphatic rings. The Morgan fingerprint density at radius 3 is 2.61 bits per heavy atom. The van der Waals surface area contributed by atoms with Gasteiger partial charge in [-0.1, -0.05) is 24.3 Å². The molecule has 0 aliphatic carbocycles. The highest BCUT2D eigenvalue weighted by atomic mass is 19.2. The van der Waals surface area contributed by atoms with Gasteiger partial charge in [0.05, 0.1) is 31.1 Å². The summed E-state index contributed by atoms with van der Waals surface area (Å²) in [5, 5.41) is 0. The number of aromatic nitrogens is 1. The lowest BCUT2D eigenvalue weighted by atomic mass is 10.2. The number of hydrogen-bond donors (Lipinski definition) is 0. The van der Waals surface area contributed by atoms with E-state index in [9.17, 15) is 13.6 Å². The summed E-state index contributed by atoms with van der Waals surface area (Å²) >= 11 is 0. The van der Waals surface area contributed by atoms with E-state index in [0.29, 0.717) is 43.0 Å². The molecule has 0 spiro atoms. The van der Waals surface area contributed by atoms with Gasteiger partial charge >= 0.3 is 0 Å². The van der Waals surface area contributed by atoms with Crippen LogP contribution < -0.4 is 9.64 Å². The number of furan rings is 1. The zero-order valence-electron chi connectivity index (χ0n) is 18.1. The molecule has 1 saturated heterocycles. The van der Waals surface area contributed by atoms with Gasteiger partial charge in [-0.3, -0.25) is 4.79 Å². The number of fused-ring (bicyclic) bond motifs is 1. The molecule has 1 amide bonds. The van der Waals surface area contributed by atoms with Crippen molar-refractivity contribution in [3.05, 3.63) is 83.8 Å². The molecule has 6 nitrogen and oxygen atoms in total. The highest BCUT2D eigenvalue weighted by Gasteiger charge is 2.27. The van der Waals surface area contributed by atoms with Crippen LogP contribution in [-0.2, 0) is 6.54 Å². The summed E-state index contributed by atoms with van der Waals surface area (Å²) in [4.78, 5) is 17.4. The van der Waals surface area contributed by atoms with Crippen molar-refractivity contribution in [2.75, 3.05) is 38.2 Å². The maximum absolute atomic E-state index is 14.4. The van der Waals surface area contributed by atoms with Crippen LogP contribution in [0.2, 0.25) is 0 Å². The molecule has 8 heteroatoms. The normalized spacial score (nSPS) is 14.2. The quantitative estimate of drug-likeness (QED) is 0.447. The predicted octanol–water partition coefficient (Wildman–Crippen LogP) is 4.53. The molecule has 2 aromatic heterocycles. The Hall–Kier alpha value is -3.81. The fraction of sp³-hybridized carbons (Fsp3) is 0.240. The molecule has 0 atom stereocenters. The molecule has 0 radical (unpaired) electrons. The molecule has 5 rings (SSSR count). The monoisotopic (exact) mass is 451 g/mol. The van der Waals surface area contributed by atoms with E-state index in [-0.39, 0.29) is 18.0 Å². The minimum atomic E-state index is -0.913. The van der Waals surface area contributed by atoms with Gasteiger partial charge in [0.15, 0.2) is 17.2 Å². The van der Waals surface area contributed by atoms with Gasteiger partial charge in [0.25, 0.3) is 5.91 Å². The van der Waals surface area contributed by atoms with E-state index in [0.717, 1.165) is 17.5 Å². The number of piperazine rings is 1. The van der Waals surface area contributed by atoms with Crippen LogP contribution in [0.15, 0.2) is 65.3 Å². The van der Waals surface area contributed by atoms with Crippen molar-refractivity contribution in [1.82, 2.24) is 9.47 Å². The predicted molar refractivity (Wildman–Crippen MR) is 121 cm³/mol. The van der Waals surface area contributed by atoms with Crippen LogP contribution in [0.4, 0.5) is 14.5 Å². The first-order valence-corrected chi connectivity index (χ1v) is 10.7. The lowest BCUT2D eigenvalue weighted by Gasteiger charge is -2.36. The van der Waals surface area contributed by atoms with Crippen molar-refractivity contribution in [3.8, 4) is 5.75 Å².